The number of hydrogen-bond acceptors (Lipinski definition) is 7. The van der Waals surface area contributed by atoms with Crippen molar-refractivity contribution in [3.8, 4) is 0 Å². The molecule has 0 heterocycles. The van der Waals surface area contributed by atoms with Gasteiger partial charge in [0.25, 0.3) is 0 Å². The van der Waals surface area contributed by atoms with Crippen LogP contribution in [0.2, 0.25) is 0 Å². The maximum Gasteiger partial charge on any atom is 1.00 e. The Balaban J connectivity index is 0.0000230. The summed E-state index contributed by atoms with van der Waals surface area (Å²) in [6.45, 7) is 4.68. The fraction of sp³-hybridized carbons (Fsp3) is 0.700. The summed E-state index contributed by atoms with van der Waals surface area (Å²) in [6, 6.07) is 3.60. The summed E-state index contributed by atoms with van der Waals surface area (Å²) < 4.78 is 46.5. The van der Waals surface area contributed by atoms with Crippen molar-refractivity contribution in [3.05, 3.63) is 53.6 Å². The van der Waals surface area contributed by atoms with E-state index in [1.807, 2.05) is 0 Å². The molecule has 7 nitrogen and oxygen atoms in total. The molecule has 0 radical (unpaired) electrons. The van der Waals surface area contributed by atoms with Crippen molar-refractivity contribution < 1.29 is 83.4 Å². The summed E-state index contributed by atoms with van der Waals surface area (Å²) in [5.41, 5.74) is -0.795. The molecular weight excluding hydrogens is 664 g/mol. The molecule has 0 bridgehead atoms. The predicted octanol–water partition coefficient (Wildman–Crippen LogP) is 8.42. The smallest absolute Gasteiger partial charge is 0.744 e. The van der Waals surface area contributed by atoms with Gasteiger partial charge < -0.3 is 14.0 Å². The third-order valence-electron chi connectivity index (χ3n) is 8.50. The Bertz CT molecular complexity index is 1150. The van der Waals surface area contributed by atoms with E-state index in [0.29, 0.717) is 12.8 Å². The van der Waals surface area contributed by atoms with Gasteiger partial charge in [0, 0.05) is 0 Å². The van der Waals surface area contributed by atoms with Gasteiger partial charge in [0.1, 0.15) is 10.1 Å². The van der Waals surface area contributed by atoms with E-state index in [2.05, 4.69) is 38.2 Å². The zero-order chi connectivity index (χ0) is 35.1. The molecule has 0 aliphatic rings. The maximum atomic E-state index is 12.9. The standard InChI is InChI=1S/C40H66O7S.K/c1-3-5-7-9-11-13-15-17-19-21-23-25-27-29-34-46-39(41)36-32-31-33-37(48(43,44)45)38(36)40(42)47-35-30-28-26-24-22-20-18-16-14-12-10-8-6-4-2;/h13-16,31-33H,3-12,17-30,34-35H2,1-2H3,(H,43,44,45);/q;+1/p-1/b15-13+,16-14+;. The number of esters is 2. The molecule has 0 saturated heterocycles. The molecule has 0 atom stereocenters. The number of carbonyl (C=O) groups excluding carboxylic acids is 2. The number of rotatable bonds is 31. The van der Waals surface area contributed by atoms with Crippen molar-refractivity contribution >= 4 is 22.1 Å². The first-order valence-corrected chi connectivity index (χ1v) is 20.5. The molecule has 49 heavy (non-hydrogen) atoms. The predicted molar refractivity (Wildman–Crippen MR) is 195 cm³/mol. The molecule has 0 amide bonds. The van der Waals surface area contributed by atoms with E-state index in [-0.39, 0.29) is 70.2 Å². The van der Waals surface area contributed by atoms with E-state index < -0.39 is 32.5 Å². The molecule has 274 valence electrons. The van der Waals surface area contributed by atoms with E-state index in [1.165, 1.54) is 89.2 Å². The van der Waals surface area contributed by atoms with Crippen molar-refractivity contribution in [3.63, 3.8) is 0 Å². The van der Waals surface area contributed by atoms with Gasteiger partial charge in [-0.2, -0.15) is 0 Å². The zero-order valence-corrected chi connectivity index (χ0v) is 35.1. The number of carbonyl (C=O) groups is 2. The van der Waals surface area contributed by atoms with Gasteiger partial charge in [0.15, 0.2) is 0 Å². The van der Waals surface area contributed by atoms with Gasteiger partial charge in [-0.3, -0.25) is 0 Å². The molecule has 0 aliphatic carbocycles. The molecule has 0 fully saturated rings. The second kappa shape index (κ2) is 33.1. The van der Waals surface area contributed by atoms with Crippen molar-refractivity contribution in [2.45, 2.75) is 173 Å². The first kappa shape index (κ1) is 48.2. The van der Waals surface area contributed by atoms with Gasteiger partial charge in [-0.15, -0.1) is 0 Å². The molecule has 0 saturated carbocycles. The van der Waals surface area contributed by atoms with Crippen LogP contribution < -0.4 is 51.4 Å². The molecule has 0 spiro atoms. The fourth-order valence-corrected chi connectivity index (χ4v) is 6.28. The van der Waals surface area contributed by atoms with Crippen LogP contribution in [0.15, 0.2) is 47.4 Å². The Labute approximate surface area is 342 Å². The summed E-state index contributed by atoms with van der Waals surface area (Å²) >= 11 is 0. The van der Waals surface area contributed by atoms with Crippen LogP contribution in [0.5, 0.6) is 0 Å². The van der Waals surface area contributed by atoms with Gasteiger partial charge in [-0.25, -0.2) is 18.0 Å². The Morgan fingerprint density at radius 2 is 0.939 bits per heavy atom. The molecule has 1 rings (SSSR count). The third kappa shape index (κ3) is 25.7. The van der Waals surface area contributed by atoms with Crippen molar-refractivity contribution in [1.82, 2.24) is 0 Å². The number of allylic oxidation sites excluding steroid dienone is 4. The average molecular weight is 729 g/mol. The number of ether oxygens (including phenoxy) is 2. The van der Waals surface area contributed by atoms with Gasteiger partial charge >= 0.3 is 63.3 Å². The van der Waals surface area contributed by atoms with Gasteiger partial charge in [-0.05, 0) is 76.3 Å². The molecule has 0 aromatic heterocycles. The minimum absolute atomic E-state index is 0. The monoisotopic (exact) mass is 728 g/mol. The van der Waals surface area contributed by atoms with Crippen LogP contribution in [0.25, 0.3) is 0 Å². The third-order valence-corrected chi connectivity index (χ3v) is 9.38. The minimum Gasteiger partial charge on any atom is -0.744 e. The van der Waals surface area contributed by atoms with Gasteiger partial charge in [0.05, 0.1) is 29.2 Å². The first-order valence-electron chi connectivity index (χ1n) is 19.1. The fourth-order valence-electron chi connectivity index (χ4n) is 5.59. The van der Waals surface area contributed by atoms with Crippen LogP contribution in [-0.2, 0) is 19.6 Å². The Hall–Kier alpha value is -0.814. The maximum absolute atomic E-state index is 12.9. The zero-order valence-electron chi connectivity index (χ0n) is 31.2. The largest absolute Gasteiger partial charge is 1.00 e. The summed E-state index contributed by atoms with van der Waals surface area (Å²) in [4.78, 5) is 25.0. The van der Waals surface area contributed by atoms with Crippen LogP contribution in [0.3, 0.4) is 0 Å². The topological polar surface area (TPSA) is 110 Å². The quantitative estimate of drug-likeness (QED) is 0.0248. The van der Waals surface area contributed by atoms with Crippen molar-refractivity contribution in [2.24, 2.45) is 0 Å². The van der Waals surface area contributed by atoms with E-state index in [1.54, 1.807) is 0 Å². The summed E-state index contributed by atoms with van der Waals surface area (Å²) in [5, 5.41) is 0. The van der Waals surface area contributed by atoms with Gasteiger partial charge in [0.2, 0.25) is 0 Å². The summed E-state index contributed by atoms with van der Waals surface area (Å²) in [5.74, 6) is -1.83. The summed E-state index contributed by atoms with van der Waals surface area (Å²) in [7, 11) is -5.01. The van der Waals surface area contributed by atoms with Crippen LogP contribution in [-0.4, -0.2) is 38.1 Å². The first-order chi connectivity index (χ1) is 23.3. The van der Waals surface area contributed by atoms with Crippen LogP contribution in [0.1, 0.15) is 189 Å². The SMILES string of the molecule is CCCCCC/C=C/CCCCCCCCOC(=O)c1cccc(S(=O)(=O)[O-])c1C(=O)OCCCCCCCC/C=C/CCCCCC.[K+]. The van der Waals surface area contributed by atoms with E-state index in [0.717, 1.165) is 70.3 Å². The van der Waals surface area contributed by atoms with Gasteiger partial charge in [-0.1, -0.05) is 134 Å². The molecule has 0 N–H and O–H groups in total. The molecule has 0 unspecified atom stereocenters. The molecule has 9 heteroatoms. The normalized spacial score (nSPS) is 11.7. The second-order valence-electron chi connectivity index (χ2n) is 12.9. The van der Waals surface area contributed by atoms with E-state index in [9.17, 15) is 22.6 Å². The molecule has 0 aliphatic heterocycles. The minimum atomic E-state index is -5.01. The van der Waals surface area contributed by atoms with E-state index in [4.69, 9.17) is 9.47 Å². The van der Waals surface area contributed by atoms with Crippen molar-refractivity contribution in [2.75, 3.05) is 13.2 Å². The van der Waals surface area contributed by atoms with Crippen LogP contribution in [0.4, 0.5) is 0 Å². The Morgan fingerprint density at radius 1 is 0.571 bits per heavy atom. The average Bonchev–Trinajstić information content (AvgIpc) is 3.07. The number of unbranched alkanes of at least 4 members (excludes halogenated alkanes) is 20. The molecular formula is C40H65KO7S. The molecule has 1 aromatic carbocycles. The second-order valence-corrected chi connectivity index (χ2v) is 14.2. The Morgan fingerprint density at radius 3 is 1.35 bits per heavy atom. The Kier molecular flexibility index (Phi) is 32.5. The van der Waals surface area contributed by atoms with Crippen LogP contribution in [0, 0.1) is 0 Å². The van der Waals surface area contributed by atoms with Crippen molar-refractivity contribution in [1.29, 1.82) is 0 Å². The number of benzene rings is 1. The van der Waals surface area contributed by atoms with E-state index >= 15 is 0 Å². The summed E-state index contributed by atoms with van der Waals surface area (Å²) in [6.07, 6.45) is 36.1. The van der Waals surface area contributed by atoms with Crippen LogP contribution >= 0.6 is 0 Å². The molecule has 1 aromatic rings. The number of hydrogen-bond donors (Lipinski definition) is 0.